The maximum absolute atomic E-state index is 13.8. The summed E-state index contributed by atoms with van der Waals surface area (Å²) in [5.74, 6) is -3.59. The van der Waals surface area contributed by atoms with Gasteiger partial charge in [-0.15, -0.1) is 0 Å². The van der Waals surface area contributed by atoms with Gasteiger partial charge in [-0.05, 0) is 73.5 Å². The standard InChI is InChI=1S/C46H77NO17/c1-13-33-30(22-58-45-42(57-12)41(56-11)37(52)26(5)60-45)18-23(2)14-15-31(49)24(3)19-29(16-17-48)39(25(4)32(50)20-34(51)62-33)64-44-38(53)36(47(9)10)40(27(6)61-44)63-35-21-46(8,55)43(54)28(7)59-35/h14-15,17-18,24-30,32-33,35-45,50,52-55H,13,16,19-22H2,1-12H3/b15-14+,23-18?/t24-,25+,26-,27-,28+,29+,30-,32-,33-,35+,36-,37-,38-,39-,40-,41-,42-,43+,44+,45-,46-/m1/s1. The van der Waals surface area contributed by atoms with Crippen molar-refractivity contribution in [1.82, 2.24) is 4.90 Å². The molecule has 368 valence electrons. The van der Waals surface area contributed by atoms with E-state index >= 15 is 0 Å². The summed E-state index contributed by atoms with van der Waals surface area (Å²) in [6.07, 6.45) is -8.49. The summed E-state index contributed by atoms with van der Waals surface area (Å²) in [5, 5.41) is 55.8. The van der Waals surface area contributed by atoms with Crippen LogP contribution >= 0.6 is 0 Å². The number of ether oxygens (including phenoxy) is 9. The van der Waals surface area contributed by atoms with Crippen molar-refractivity contribution >= 4 is 18.0 Å². The van der Waals surface area contributed by atoms with Crippen molar-refractivity contribution in [2.24, 2.45) is 23.7 Å². The van der Waals surface area contributed by atoms with Crippen LogP contribution in [0.15, 0.2) is 23.8 Å². The molecule has 0 aliphatic carbocycles. The number of likely N-dealkylation sites (N-methyl/N-ethyl adjacent to an activating group) is 1. The second-order valence-electron chi connectivity index (χ2n) is 18.7. The highest BCUT2D eigenvalue weighted by Gasteiger charge is 2.52. The molecule has 0 bridgehead atoms. The molecule has 3 saturated heterocycles. The number of hydrogen-bond donors (Lipinski definition) is 5. The van der Waals surface area contributed by atoms with Crippen molar-refractivity contribution in [2.45, 2.75) is 191 Å². The van der Waals surface area contributed by atoms with E-state index in [1.807, 2.05) is 19.9 Å². The van der Waals surface area contributed by atoms with E-state index < -0.39 is 140 Å². The highest BCUT2D eigenvalue weighted by Crippen LogP contribution is 2.37. The largest absolute Gasteiger partial charge is 0.462 e. The topological polar surface area (TPSA) is 239 Å². The van der Waals surface area contributed by atoms with Crippen molar-refractivity contribution in [1.29, 1.82) is 0 Å². The zero-order chi connectivity index (χ0) is 47.8. The van der Waals surface area contributed by atoms with Gasteiger partial charge < -0.3 is 77.9 Å². The van der Waals surface area contributed by atoms with E-state index in [2.05, 4.69) is 0 Å². The van der Waals surface area contributed by atoms with E-state index in [-0.39, 0.29) is 31.7 Å². The predicted octanol–water partition coefficient (Wildman–Crippen LogP) is 1.83. The summed E-state index contributed by atoms with van der Waals surface area (Å²) in [5.41, 5.74) is -0.806. The third-order valence-electron chi connectivity index (χ3n) is 13.4. The Bertz CT molecular complexity index is 1560. The molecule has 21 atom stereocenters. The van der Waals surface area contributed by atoms with E-state index in [1.165, 1.54) is 27.2 Å². The highest BCUT2D eigenvalue weighted by molar-refractivity contribution is 5.91. The number of ketones is 1. The summed E-state index contributed by atoms with van der Waals surface area (Å²) in [6, 6.07) is -0.748. The first-order valence-electron chi connectivity index (χ1n) is 22.7. The molecule has 0 spiro atoms. The Labute approximate surface area is 378 Å². The number of carbonyl (C=O) groups excluding carboxylic acids is 3. The number of esters is 1. The molecule has 0 saturated carbocycles. The predicted molar refractivity (Wildman–Crippen MR) is 230 cm³/mol. The van der Waals surface area contributed by atoms with E-state index in [0.717, 1.165) is 6.29 Å². The second kappa shape index (κ2) is 24.1. The average Bonchev–Trinajstić information content (AvgIpc) is 3.23. The minimum absolute atomic E-state index is 0.00788. The van der Waals surface area contributed by atoms with Gasteiger partial charge in [0, 0.05) is 44.8 Å². The number of aliphatic hydroxyl groups excluding tert-OH is 4. The van der Waals surface area contributed by atoms with E-state index in [4.69, 9.17) is 42.6 Å². The Morgan fingerprint density at radius 1 is 0.859 bits per heavy atom. The Morgan fingerprint density at radius 3 is 2.11 bits per heavy atom. The van der Waals surface area contributed by atoms with Crippen molar-refractivity contribution < 1.29 is 82.5 Å². The van der Waals surface area contributed by atoms with Crippen LogP contribution < -0.4 is 0 Å². The van der Waals surface area contributed by atoms with Crippen molar-refractivity contribution in [3.63, 3.8) is 0 Å². The number of rotatable bonds is 13. The summed E-state index contributed by atoms with van der Waals surface area (Å²) < 4.78 is 54.7. The molecule has 0 radical (unpaired) electrons. The van der Waals surface area contributed by atoms with Gasteiger partial charge in [-0.3, -0.25) is 9.59 Å². The SMILES string of the molecule is CC[C@H]1OC(=O)C[C@@H](O)[C@H](C)[C@@H](O[C@@H]2O[C@H](C)[C@@H](O[C@H]3C[C@@](C)(O)[C@@H](O)[C@H](C)O3)[C@H](N(C)C)[C@H]2O)[C@@H](CC=O)C[C@@H](C)C(=O)/C=C/C(C)=C[C@@H]1CO[C@@H]1O[C@H](C)[C@@H](O)[C@@H](OC)[C@H]1OC. The number of cyclic esters (lactones) is 1. The number of nitrogens with zero attached hydrogens (tertiary/aromatic N) is 1. The maximum Gasteiger partial charge on any atom is 0.308 e. The van der Waals surface area contributed by atoms with Crippen LogP contribution in [0.3, 0.4) is 0 Å². The van der Waals surface area contributed by atoms with Gasteiger partial charge in [-0.25, -0.2) is 0 Å². The van der Waals surface area contributed by atoms with Gasteiger partial charge in [0.1, 0.15) is 49.0 Å². The lowest BCUT2D eigenvalue weighted by Crippen LogP contribution is -2.65. The fourth-order valence-electron chi connectivity index (χ4n) is 9.51. The first-order valence-corrected chi connectivity index (χ1v) is 22.7. The van der Waals surface area contributed by atoms with Crippen molar-refractivity contribution in [3.05, 3.63) is 23.8 Å². The average molecular weight is 916 g/mol. The highest BCUT2D eigenvalue weighted by atomic mass is 16.7. The molecule has 0 aromatic carbocycles. The molecule has 0 aromatic heterocycles. The fourth-order valence-corrected chi connectivity index (χ4v) is 9.51. The van der Waals surface area contributed by atoms with Gasteiger partial charge in [0.25, 0.3) is 0 Å². The molecule has 0 unspecified atom stereocenters. The number of aldehydes is 1. The molecule has 18 nitrogen and oxygen atoms in total. The van der Waals surface area contributed by atoms with Gasteiger partial charge in [-0.1, -0.05) is 38.5 Å². The molecule has 4 heterocycles. The first kappa shape index (κ1) is 54.3. The lowest BCUT2D eigenvalue weighted by atomic mass is 9.79. The molecule has 0 aromatic rings. The van der Waals surface area contributed by atoms with Crippen LogP contribution in [-0.4, -0.2) is 187 Å². The van der Waals surface area contributed by atoms with E-state index in [9.17, 15) is 39.9 Å². The van der Waals surface area contributed by atoms with Gasteiger partial charge in [0.15, 0.2) is 24.7 Å². The molecule has 4 rings (SSSR count). The fraction of sp³-hybridized carbons (Fsp3) is 0.848. The van der Waals surface area contributed by atoms with Crippen LogP contribution in [0.4, 0.5) is 0 Å². The Balaban J connectivity index is 1.62. The first-order chi connectivity index (χ1) is 30.1. The minimum Gasteiger partial charge on any atom is -0.462 e. The molecule has 3 fully saturated rings. The van der Waals surface area contributed by atoms with Crippen LogP contribution in [0.2, 0.25) is 0 Å². The monoisotopic (exact) mass is 916 g/mol. The van der Waals surface area contributed by atoms with E-state index in [0.29, 0.717) is 12.0 Å². The van der Waals surface area contributed by atoms with Crippen LogP contribution in [0.25, 0.3) is 0 Å². The van der Waals surface area contributed by atoms with Gasteiger partial charge in [0.05, 0.1) is 55.2 Å². The van der Waals surface area contributed by atoms with Crippen molar-refractivity contribution in [2.75, 3.05) is 34.9 Å². The van der Waals surface area contributed by atoms with Gasteiger partial charge >= 0.3 is 5.97 Å². The number of carbonyl (C=O) groups is 3. The lowest BCUT2D eigenvalue weighted by molar-refractivity contribution is -0.341. The lowest BCUT2D eigenvalue weighted by Gasteiger charge is -2.50. The molecule has 18 heteroatoms. The Kier molecular flexibility index (Phi) is 20.5. The molecule has 4 aliphatic rings. The Hall–Kier alpha value is -2.27. The van der Waals surface area contributed by atoms with Crippen LogP contribution in [0.5, 0.6) is 0 Å². The zero-order valence-electron chi connectivity index (χ0n) is 39.7. The van der Waals surface area contributed by atoms with Gasteiger partial charge in [0.2, 0.25) is 0 Å². The van der Waals surface area contributed by atoms with Gasteiger partial charge in [-0.2, -0.15) is 0 Å². The molecular weight excluding hydrogens is 838 g/mol. The second-order valence-corrected chi connectivity index (χ2v) is 18.7. The summed E-state index contributed by atoms with van der Waals surface area (Å²) in [6.45, 7) is 13.6. The number of hydrogen-bond acceptors (Lipinski definition) is 18. The quantitative estimate of drug-likeness (QED) is 0.131. The third kappa shape index (κ3) is 13.5. The maximum atomic E-state index is 13.8. The number of allylic oxidation sites excluding steroid dienone is 3. The smallest absolute Gasteiger partial charge is 0.308 e. The molecule has 64 heavy (non-hydrogen) atoms. The van der Waals surface area contributed by atoms with Crippen LogP contribution in [-0.2, 0) is 57.0 Å². The minimum atomic E-state index is -1.49. The molecule has 4 aliphatic heterocycles. The summed E-state index contributed by atoms with van der Waals surface area (Å²) in [7, 11) is 6.43. The van der Waals surface area contributed by atoms with E-state index in [1.54, 1.807) is 59.7 Å². The molecular formula is C46H77NO17. The van der Waals surface area contributed by atoms with Crippen LogP contribution in [0, 0.1) is 23.7 Å². The number of methoxy groups -OCH3 is 2. The zero-order valence-corrected chi connectivity index (χ0v) is 39.7. The van der Waals surface area contributed by atoms with Crippen LogP contribution in [0.1, 0.15) is 87.5 Å². The van der Waals surface area contributed by atoms with Crippen molar-refractivity contribution in [3.8, 4) is 0 Å². The Morgan fingerprint density at radius 2 is 1.52 bits per heavy atom. The molecule has 5 N–H and O–H groups in total. The molecule has 0 amide bonds. The number of aliphatic hydroxyl groups is 5. The summed E-state index contributed by atoms with van der Waals surface area (Å²) in [4.78, 5) is 41.5. The summed E-state index contributed by atoms with van der Waals surface area (Å²) >= 11 is 0. The normalized spacial score (nSPS) is 45.1. The third-order valence-corrected chi connectivity index (χ3v) is 13.4.